The van der Waals surface area contributed by atoms with E-state index in [1.165, 1.54) is 0 Å². The van der Waals surface area contributed by atoms with E-state index < -0.39 is 5.60 Å². The van der Waals surface area contributed by atoms with Crippen molar-refractivity contribution in [3.63, 3.8) is 0 Å². The SMILES string of the molecule is C=C(O)C1CCC(C(C)(O)C(C)C)CC1. The summed E-state index contributed by atoms with van der Waals surface area (Å²) in [5.74, 6) is 1.23. The maximum Gasteiger partial charge on any atom is 0.0881 e. The van der Waals surface area contributed by atoms with Crippen molar-refractivity contribution in [3.05, 3.63) is 12.3 Å². The third kappa shape index (κ3) is 2.75. The Bertz CT molecular complexity index is 223. The van der Waals surface area contributed by atoms with Crippen LogP contribution in [0.25, 0.3) is 0 Å². The van der Waals surface area contributed by atoms with E-state index in [-0.39, 0.29) is 11.8 Å². The zero-order valence-electron chi connectivity index (χ0n) is 10.2. The molecular formula is C13H24O2. The predicted octanol–water partition coefficient (Wildman–Crippen LogP) is 3.27. The van der Waals surface area contributed by atoms with Gasteiger partial charge in [-0.25, -0.2) is 0 Å². The van der Waals surface area contributed by atoms with Crippen LogP contribution in [0.2, 0.25) is 0 Å². The molecule has 1 rings (SSSR count). The van der Waals surface area contributed by atoms with E-state index in [2.05, 4.69) is 20.4 Å². The molecule has 0 aromatic carbocycles. The van der Waals surface area contributed by atoms with Gasteiger partial charge in [0.1, 0.15) is 0 Å². The molecule has 1 saturated carbocycles. The first-order chi connectivity index (χ1) is 6.85. The van der Waals surface area contributed by atoms with Gasteiger partial charge in [0, 0.05) is 5.92 Å². The lowest BCUT2D eigenvalue weighted by Crippen LogP contribution is -2.41. The van der Waals surface area contributed by atoms with E-state index in [0.29, 0.717) is 11.7 Å². The van der Waals surface area contributed by atoms with E-state index >= 15 is 0 Å². The minimum atomic E-state index is -0.568. The second-order valence-electron chi connectivity index (χ2n) is 5.42. The Labute approximate surface area is 93.0 Å². The number of allylic oxidation sites excluding steroid dienone is 1. The molecule has 1 aliphatic rings. The summed E-state index contributed by atoms with van der Waals surface area (Å²) in [6.07, 6.45) is 3.91. The Hall–Kier alpha value is -0.500. The van der Waals surface area contributed by atoms with E-state index in [9.17, 15) is 10.2 Å². The highest BCUT2D eigenvalue weighted by Gasteiger charge is 2.37. The molecule has 0 spiro atoms. The first-order valence-corrected chi connectivity index (χ1v) is 5.95. The van der Waals surface area contributed by atoms with E-state index in [0.717, 1.165) is 25.7 Å². The maximum atomic E-state index is 10.4. The van der Waals surface area contributed by atoms with Gasteiger partial charge in [0.2, 0.25) is 0 Å². The molecule has 15 heavy (non-hydrogen) atoms. The molecule has 1 aliphatic carbocycles. The number of aliphatic hydroxyl groups excluding tert-OH is 1. The molecule has 1 fully saturated rings. The Morgan fingerprint density at radius 1 is 1.27 bits per heavy atom. The summed E-state index contributed by atoms with van der Waals surface area (Å²) in [4.78, 5) is 0. The molecule has 0 bridgehead atoms. The lowest BCUT2D eigenvalue weighted by molar-refractivity contribution is -0.0587. The summed E-state index contributed by atoms with van der Waals surface area (Å²) in [6, 6.07) is 0. The van der Waals surface area contributed by atoms with Crippen LogP contribution >= 0.6 is 0 Å². The molecule has 2 N–H and O–H groups in total. The largest absolute Gasteiger partial charge is 0.513 e. The Balaban J connectivity index is 2.54. The second-order valence-corrected chi connectivity index (χ2v) is 5.42. The molecule has 0 aromatic rings. The fourth-order valence-corrected chi connectivity index (χ4v) is 2.48. The van der Waals surface area contributed by atoms with Gasteiger partial charge in [0.15, 0.2) is 0 Å². The van der Waals surface area contributed by atoms with Crippen LogP contribution in [0.15, 0.2) is 12.3 Å². The molecule has 1 unspecified atom stereocenters. The molecule has 0 radical (unpaired) electrons. The summed E-state index contributed by atoms with van der Waals surface area (Å²) in [7, 11) is 0. The zero-order valence-corrected chi connectivity index (χ0v) is 10.2. The number of hydrogen-bond donors (Lipinski definition) is 2. The van der Waals surface area contributed by atoms with Gasteiger partial charge in [-0.2, -0.15) is 0 Å². The zero-order chi connectivity index (χ0) is 11.6. The van der Waals surface area contributed by atoms with Gasteiger partial charge in [-0.05, 0) is 44.4 Å². The van der Waals surface area contributed by atoms with Gasteiger partial charge in [-0.15, -0.1) is 0 Å². The summed E-state index contributed by atoms with van der Waals surface area (Å²) in [5.41, 5.74) is -0.568. The lowest BCUT2D eigenvalue weighted by Gasteiger charge is -2.40. The summed E-state index contributed by atoms with van der Waals surface area (Å²) in [6.45, 7) is 9.67. The molecule has 2 nitrogen and oxygen atoms in total. The third-order valence-electron chi connectivity index (χ3n) is 4.19. The fourth-order valence-electron chi connectivity index (χ4n) is 2.48. The standard InChI is InChI=1S/C13H24O2/c1-9(2)13(4,15)12-7-5-11(6-8-12)10(3)14/h9,11-12,14-15H,3,5-8H2,1-2,4H3. The first kappa shape index (κ1) is 12.6. The van der Waals surface area contributed by atoms with Crippen molar-refractivity contribution in [3.8, 4) is 0 Å². The molecule has 1 atom stereocenters. The summed E-state index contributed by atoms with van der Waals surface area (Å²) >= 11 is 0. The molecule has 0 heterocycles. The van der Waals surface area contributed by atoms with Crippen molar-refractivity contribution >= 4 is 0 Å². The van der Waals surface area contributed by atoms with Gasteiger partial charge in [0.05, 0.1) is 11.4 Å². The monoisotopic (exact) mass is 212 g/mol. The van der Waals surface area contributed by atoms with Crippen LogP contribution in [0, 0.1) is 17.8 Å². The van der Waals surface area contributed by atoms with Crippen LogP contribution in [0.4, 0.5) is 0 Å². The topological polar surface area (TPSA) is 40.5 Å². The summed E-state index contributed by atoms with van der Waals surface area (Å²) < 4.78 is 0. The Morgan fingerprint density at radius 3 is 2.07 bits per heavy atom. The highest BCUT2D eigenvalue weighted by Crippen LogP contribution is 2.40. The normalized spacial score (nSPS) is 31.3. The predicted molar refractivity (Wildman–Crippen MR) is 62.7 cm³/mol. The lowest BCUT2D eigenvalue weighted by atomic mass is 9.70. The van der Waals surface area contributed by atoms with Gasteiger partial charge in [-0.1, -0.05) is 20.4 Å². The third-order valence-corrected chi connectivity index (χ3v) is 4.19. The van der Waals surface area contributed by atoms with Crippen LogP contribution < -0.4 is 0 Å². The second kappa shape index (κ2) is 4.56. The van der Waals surface area contributed by atoms with Gasteiger partial charge < -0.3 is 10.2 Å². The van der Waals surface area contributed by atoms with Crippen LogP contribution in [-0.2, 0) is 0 Å². The number of hydrogen-bond acceptors (Lipinski definition) is 2. The van der Waals surface area contributed by atoms with Crippen LogP contribution in [0.3, 0.4) is 0 Å². The fraction of sp³-hybridized carbons (Fsp3) is 0.846. The molecule has 0 aromatic heterocycles. The van der Waals surface area contributed by atoms with Crippen molar-refractivity contribution < 1.29 is 10.2 Å². The number of aliphatic hydroxyl groups is 2. The Kier molecular flexibility index (Phi) is 3.82. The van der Waals surface area contributed by atoms with Crippen LogP contribution in [-0.4, -0.2) is 15.8 Å². The van der Waals surface area contributed by atoms with Crippen molar-refractivity contribution in [2.24, 2.45) is 17.8 Å². The van der Waals surface area contributed by atoms with Crippen molar-refractivity contribution in [1.82, 2.24) is 0 Å². The average Bonchev–Trinajstić information content (AvgIpc) is 2.17. The quantitative estimate of drug-likeness (QED) is 0.705. The first-order valence-electron chi connectivity index (χ1n) is 5.95. The van der Waals surface area contributed by atoms with Crippen molar-refractivity contribution in [2.75, 3.05) is 0 Å². The maximum absolute atomic E-state index is 10.4. The highest BCUT2D eigenvalue weighted by molar-refractivity contribution is 4.95. The smallest absolute Gasteiger partial charge is 0.0881 e. The van der Waals surface area contributed by atoms with Crippen molar-refractivity contribution in [2.45, 2.75) is 52.1 Å². The molecule has 0 saturated heterocycles. The van der Waals surface area contributed by atoms with Gasteiger partial charge >= 0.3 is 0 Å². The average molecular weight is 212 g/mol. The Morgan fingerprint density at radius 2 is 1.73 bits per heavy atom. The van der Waals surface area contributed by atoms with Gasteiger partial charge in [0.25, 0.3) is 0 Å². The van der Waals surface area contributed by atoms with E-state index in [1.807, 2.05) is 6.92 Å². The molecular weight excluding hydrogens is 188 g/mol. The minimum Gasteiger partial charge on any atom is -0.513 e. The van der Waals surface area contributed by atoms with E-state index in [4.69, 9.17) is 0 Å². The molecule has 0 amide bonds. The van der Waals surface area contributed by atoms with E-state index in [1.54, 1.807) is 0 Å². The number of rotatable bonds is 3. The van der Waals surface area contributed by atoms with Crippen LogP contribution in [0.1, 0.15) is 46.5 Å². The van der Waals surface area contributed by atoms with Crippen molar-refractivity contribution in [1.29, 1.82) is 0 Å². The van der Waals surface area contributed by atoms with Gasteiger partial charge in [-0.3, -0.25) is 0 Å². The minimum absolute atomic E-state index is 0.254. The van der Waals surface area contributed by atoms with Crippen LogP contribution in [0.5, 0.6) is 0 Å². The molecule has 88 valence electrons. The molecule has 0 aliphatic heterocycles. The highest BCUT2D eigenvalue weighted by atomic mass is 16.3. The summed E-state index contributed by atoms with van der Waals surface area (Å²) in [5, 5.41) is 19.7. The molecule has 2 heteroatoms.